The van der Waals surface area contributed by atoms with Gasteiger partial charge in [0, 0.05) is 38.6 Å². The van der Waals surface area contributed by atoms with Crippen LogP contribution in [0.1, 0.15) is 50.2 Å². The molecule has 0 bridgehead atoms. The zero-order valence-corrected chi connectivity index (χ0v) is 23.4. The molecule has 2 aromatic carbocycles. The maximum absolute atomic E-state index is 13.6. The molecule has 4 rings (SSSR count). The Morgan fingerprint density at radius 1 is 0.972 bits per heavy atom. The molecule has 2 aromatic rings. The molecule has 2 heterocycles. The molecule has 2 aliphatic rings. The molecule has 5 nitrogen and oxygen atoms in total. The molecular weight excluding hydrogens is 540 g/mol. The van der Waals surface area contributed by atoms with E-state index in [-0.39, 0.29) is 5.91 Å². The molecular formula is C27H31Cl4N3O2. The van der Waals surface area contributed by atoms with Crippen molar-refractivity contribution < 1.29 is 9.59 Å². The molecule has 0 radical (unpaired) electrons. The first kappa shape index (κ1) is 27.5. The lowest BCUT2D eigenvalue weighted by Crippen LogP contribution is -2.48. The fourth-order valence-corrected chi connectivity index (χ4v) is 5.77. The number of hydrogen-bond donors (Lipinski definition) is 1. The summed E-state index contributed by atoms with van der Waals surface area (Å²) in [4.78, 5) is 30.2. The molecule has 0 spiro atoms. The van der Waals surface area contributed by atoms with Crippen molar-refractivity contribution in [1.29, 1.82) is 0 Å². The number of carbonyl (C=O) groups is 2. The number of carbonyl (C=O) groups excluding carboxylic acids is 2. The summed E-state index contributed by atoms with van der Waals surface area (Å²) in [5.41, 5.74) is 0.875. The van der Waals surface area contributed by atoms with Crippen LogP contribution in [-0.2, 0) is 21.5 Å². The average Bonchev–Trinajstić information content (AvgIpc) is 3.30. The first-order chi connectivity index (χ1) is 17.2. The highest BCUT2D eigenvalue weighted by Gasteiger charge is 2.37. The minimum absolute atomic E-state index is 0.0930. The van der Waals surface area contributed by atoms with Gasteiger partial charge >= 0.3 is 0 Å². The predicted molar refractivity (Wildman–Crippen MR) is 147 cm³/mol. The highest BCUT2D eigenvalue weighted by Crippen LogP contribution is 2.34. The van der Waals surface area contributed by atoms with E-state index in [1.165, 1.54) is 0 Å². The summed E-state index contributed by atoms with van der Waals surface area (Å²) < 4.78 is 0. The van der Waals surface area contributed by atoms with Gasteiger partial charge in [0.1, 0.15) is 0 Å². The summed E-state index contributed by atoms with van der Waals surface area (Å²) in [5, 5.41) is 4.89. The van der Waals surface area contributed by atoms with E-state index in [4.69, 9.17) is 46.4 Å². The van der Waals surface area contributed by atoms with Gasteiger partial charge in [0.15, 0.2) is 0 Å². The Labute approximate surface area is 233 Å². The molecule has 2 aliphatic heterocycles. The fraction of sp³-hybridized carbons (Fsp3) is 0.481. The second kappa shape index (κ2) is 11.9. The summed E-state index contributed by atoms with van der Waals surface area (Å²) in [6.45, 7) is 5.76. The largest absolute Gasteiger partial charge is 0.351 e. The van der Waals surface area contributed by atoms with Gasteiger partial charge in [-0.2, -0.15) is 0 Å². The van der Waals surface area contributed by atoms with Crippen LogP contribution in [0.5, 0.6) is 0 Å². The number of amides is 2. The molecule has 36 heavy (non-hydrogen) atoms. The lowest BCUT2D eigenvalue weighted by Gasteiger charge is -2.38. The van der Waals surface area contributed by atoms with E-state index in [1.807, 2.05) is 19.1 Å². The summed E-state index contributed by atoms with van der Waals surface area (Å²) in [6.07, 6.45) is 4.21. The van der Waals surface area contributed by atoms with Crippen LogP contribution in [0, 0.1) is 0 Å². The Kier molecular flexibility index (Phi) is 9.11. The van der Waals surface area contributed by atoms with E-state index < -0.39 is 5.41 Å². The van der Waals surface area contributed by atoms with E-state index in [9.17, 15) is 9.59 Å². The second-order valence-corrected chi connectivity index (χ2v) is 11.5. The molecule has 9 heteroatoms. The lowest BCUT2D eigenvalue weighted by atomic mass is 9.78. The third-order valence-electron chi connectivity index (χ3n) is 7.53. The van der Waals surface area contributed by atoms with E-state index >= 15 is 0 Å². The third kappa shape index (κ3) is 6.31. The Morgan fingerprint density at radius 2 is 1.64 bits per heavy atom. The van der Waals surface area contributed by atoms with Gasteiger partial charge in [-0.15, -0.1) is 0 Å². The van der Waals surface area contributed by atoms with Gasteiger partial charge in [-0.05, 0) is 74.5 Å². The molecule has 2 amide bonds. The summed E-state index contributed by atoms with van der Waals surface area (Å²) in [7, 11) is 0. The Bertz CT molecular complexity index is 1120. The SMILES string of the molecule is CC(CCN1CCC(N2CCCC2=O)CC1)(C(=O)NCc1ccc(Cl)c(Cl)c1)c1ccc(Cl)c(Cl)c1. The van der Waals surface area contributed by atoms with Gasteiger partial charge in [0.2, 0.25) is 11.8 Å². The molecule has 0 aliphatic carbocycles. The van der Waals surface area contributed by atoms with Crippen molar-refractivity contribution >= 4 is 58.2 Å². The van der Waals surface area contributed by atoms with Crippen molar-refractivity contribution in [2.45, 2.75) is 57.0 Å². The number of benzene rings is 2. The van der Waals surface area contributed by atoms with E-state index in [0.717, 1.165) is 56.6 Å². The van der Waals surface area contributed by atoms with Gasteiger partial charge in [-0.1, -0.05) is 58.5 Å². The molecule has 1 atom stereocenters. The highest BCUT2D eigenvalue weighted by atomic mass is 35.5. The lowest BCUT2D eigenvalue weighted by molar-refractivity contribution is -0.130. The molecule has 0 saturated carbocycles. The van der Waals surface area contributed by atoms with Crippen molar-refractivity contribution in [3.05, 3.63) is 67.6 Å². The molecule has 2 fully saturated rings. The van der Waals surface area contributed by atoms with Crippen molar-refractivity contribution in [2.75, 3.05) is 26.2 Å². The molecule has 1 N–H and O–H groups in total. The minimum atomic E-state index is -0.813. The topological polar surface area (TPSA) is 52.7 Å². The van der Waals surface area contributed by atoms with Gasteiger partial charge in [0.25, 0.3) is 0 Å². The van der Waals surface area contributed by atoms with E-state index in [2.05, 4.69) is 15.1 Å². The monoisotopic (exact) mass is 569 g/mol. The zero-order valence-electron chi connectivity index (χ0n) is 20.3. The number of hydrogen-bond acceptors (Lipinski definition) is 3. The number of nitrogens with zero attached hydrogens (tertiary/aromatic N) is 2. The van der Waals surface area contributed by atoms with E-state index in [0.29, 0.717) is 51.4 Å². The summed E-state index contributed by atoms with van der Waals surface area (Å²) >= 11 is 24.7. The molecule has 0 aromatic heterocycles. The van der Waals surface area contributed by atoms with Crippen LogP contribution in [-0.4, -0.2) is 53.8 Å². The van der Waals surface area contributed by atoms with Crippen molar-refractivity contribution in [3.63, 3.8) is 0 Å². The van der Waals surface area contributed by atoms with Crippen molar-refractivity contribution in [1.82, 2.24) is 15.1 Å². The van der Waals surface area contributed by atoms with Crippen LogP contribution < -0.4 is 5.32 Å². The second-order valence-electron chi connectivity index (χ2n) is 9.91. The van der Waals surface area contributed by atoms with Crippen molar-refractivity contribution in [3.8, 4) is 0 Å². The zero-order chi connectivity index (χ0) is 25.9. The van der Waals surface area contributed by atoms with Crippen molar-refractivity contribution in [2.24, 2.45) is 0 Å². The van der Waals surface area contributed by atoms with Gasteiger partial charge < -0.3 is 15.1 Å². The van der Waals surface area contributed by atoms with Crippen LogP contribution in [0.15, 0.2) is 36.4 Å². The van der Waals surface area contributed by atoms with Gasteiger partial charge in [0.05, 0.1) is 25.5 Å². The van der Waals surface area contributed by atoms with Crippen LogP contribution in [0.25, 0.3) is 0 Å². The number of nitrogens with one attached hydrogen (secondary N) is 1. The summed E-state index contributed by atoms with van der Waals surface area (Å²) in [5.74, 6) is 0.198. The third-order valence-corrected chi connectivity index (χ3v) is 9.01. The quantitative estimate of drug-likeness (QED) is 0.402. The molecule has 2 saturated heterocycles. The first-order valence-corrected chi connectivity index (χ1v) is 13.9. The fourth-order valence-electron chi connectivity index (χ4n) is 5.15. The minimum Gasteiger partial charge on any atom is -0.351 e. The van der Waals surface area contributed by atoms with Crippen LogP contribution in [0.4, 0.5) is 0 Å². The Hall–Kier alpha value is -1.50. The number of piperidine rings is 1. The number of halogens is 4. The molecule has 1 unspecified atom stereocenters. The standard InChI is InChI=1S/C27H31Cl4N3O2/c1-27(19-5-7-22(29)24(31)16-19,26(36)32-17-18-4-6-21(28)23(30)15-18)10-14-33-12-8-20(9-13-33)34-11-2-3-25(34)35/h4-7,15-16,20H,2-3,8-14,17H2,1H3,(H,32,36). The smallest absolute Gasteiger partial charge is 0.230 e. The average molecular weight is 571 g/mol. The van der Waals surface area contributed by atoms with Crippen LogP contribution >= 0.6 is 46.4 Å². The first-order valence-electron chi connectivity index (χ1n) is 12.4. The number of likely N-dealkylation sites (tertiary alicyclic amines) is 2. The number of rotatable bonds is 8. The van der Waals surface area contributed by atoms with Gasteiger partial charge in [-0.25, -0.2) is 0 Å². The van der Waals surface area contributed by atoms with E-state index in [1.54, 1.807) is 24.3 Å². The van der Waals surface area contributed by atoms with Gasteiger partial charge in [-0.3, -0.25) is 9.59 Å². The maximum Gasteiger partial charge on any atom is 0.230 e. The van der Waals surface area contributed by atoms with Crippen LogP contribution in [0.3, 0.4) is 0 Å². The normalized spacial score (nSPS) is 18.9. The maximum atomic E-state index is 13.6. The molecule has 194 valence electrons. The summed E-state index contributed by atoms with van der Waals surface area (Å²) in [6, 6.07) is 11.1. The Balaban J connectivity index is 1.43. The predicted octanol–water partition coefficient (Wildman–Crippen LogP) is 6.35. The van der Waals surface area contributed by atoms with Crippen LogP contribution in [0.2, 0.25) is 20.1 Å². The highest BCUT2D eigenvalue weighted by molar-refractivity contribution is 6.42. The Morgan fingerprint density at radius 3 is 2.25 bits per heavy atom.